The second kappa shape index (κ2) is 6.04. The highest BCUT2D eigenvalue weighted by Gasteiger charge is 2.53. The fourth-order valence-corrected chi connectivity index (χ4v) is 3.28. The van der Waals surface area contributed by atoms with E-state index in [4.69, 9.17) is 9.31 Å². The maximum Gasteiger partial charge on any atom is 0.525 e. The van der Waals surface area contributed by atoms with Gasteiger partial charge in [-0.05, 0) is 77.2 Å². The van der Waals surface area contributed by atoms with E-state index in [2.05, 4.69) is 13.8 Å². The van der Waals surface area contributed by atoms with Gasteiger partial charge in [0.2, 0.25) is 0 Å². The summed E-state index contributed by atoms with van der Waals surface area (Å²) in [6.07, 6.45) is 5.16. The monoisotopic (exact) mass is 296 g/mol. The first-order chi connectivity index (χ1) is 9.62. The first-order valence-corrected chi connectivity index (χ1v) is 8.35. The summed E-state index contributed by atoms with van der Waals surface area (Å²) in [5.74, 6) is 1.48. The molecule has 0 amide bonds. The van der Waals surface area contributed by atoms with E-state index in [0.29, 0.717) is 0 Å². The number of hydrogen-bond donors (Lipinski definition) is 0. The van der Waals surface area contributed by atoms with Gasteiger partial charge < -0.3 is 9.31 Å². The van der Waals surface area contributed by atoms with Crippen LogP contribution in [0.2, 0.25) is 0 Å². The van der Waals surface area contributed by atoms with E-state index in [1.165, 1.54) is 6.42 Å². The quantitative estimate of drug-likeness (QED) is 0.676. The van der Waals surface area contributed by atoms with E-state index in [0.717, 1.165) is 43.1 Å². The van der Waals surface area contributed by atoms with E-state index in [1.54, 1.807) is 0 Å². The molecule has 1 aliphatic heterocycles. The third kappa shape index (κ3) is 3.71. The van der Waals surface area contributed by atoms with E-state index in [9.17, 15) is 4.39 Å². The molecule has 21 heavy (non-hydrogen) atoms. The summed E-state index contributed by atoms with van der Waals surface area (Å²) in [5, 5.41) is 0. The van der Waals surface area contributed by atoms with Crippen molar-refractivity contribution in [2.24, 2.45) is 11.8 Å². The Hall–Kier alpha value is -0.345. The first kappa shape index (κ1) is 17.0. The Kier molecular flexibility index (Phi) is 4.89. The number of hydrogen-bond acceptors (Lipinski definition) is 2. The molecule has 1 aliphatic carbocycles. The molecular formula is C17H30BFO2. The Morgan fingerprint density at radius 1 is 1.14 bits per heavy atom. The van der Waals surface area contributed by atoms with Crippen LogP contribution in [0.5, 0.6) is 0 Å². The highest BCUT2D eigenvalue weighted by atomic mass is 19.1. The minimum absolute atomic E-state index is 0.170. The standard InChI is InChI=1S/C17H30BFO2/c1-12(2)11-13-7-9-14(10-8-13)15(19)18-20-16(3,4)17(5,6)21-18/h12-13H,7-11H2,1-6H3. The van der Waals surface area contributed by atoms with Gasteiger partial charge in [-0.1, -0.05) is 13.8 Å². The minimum atomic E-state index is -0.813. The van der Waals surface area contributed by atoms with Gasteiger partial charge in [0.15, 0.2) is 0 Å². The second-order valence-electron chi connectivity index (χ2n) is 8.11. The summed E-state index contributed by atoms with van der Waals surface area (Å²) >= 11 is 0. The molecule has 0 bridgehead atoms. The molecule has 1 saturated heterocycles. The lowest BCUT2D eigenvalue weighted by Gasteiger charge is -2.32. The summed E-state index contributed by atoms with van der Waals surface area (Å²) in [7, 11) is -0.813. The lowest BCUT2D eigenvalue weighted by Crippen LogP contribution is -2.41. The average molecular weight is 296 g/mol. The summed E-state index contributed by atoms with van der Waals surface area (Å²) < 4.78 is 26.3. The summed E-state index contributed by atoms with van der Waals surface area (Å²) in [6, 6.07) is 0. The van der Waals surface area contributed by atoms with Crippen molar-refractivity contribution in [1.29, 1.82) is 0 Å². The Labute approximate surface area is 129 Å². The van der Waals surface area contributed by atoms with Crippen LogP contribution in [0.25, 0.3) is 0 Å². The van der Waals surface area contributed by atoms with E-state index < -0.39 is 18.3 Å². The molecule has 0 N–H and O–H groups in total. The Bertz CT molecular complexity index is 389. The van der Waals surface area contributed by atoms with Gasteiger partial charge >= 0.3 is 7.12 Å². The Morgan fingerprint density at radius 3 is 2.05 bits per heavy atom. The smallest absolute Gasteiger partial charge is 0.398 e. The van der Waals surface area contributed by atoms with Gasteiger partial charge in [-0.25, -0.2) is 4.39 Å². The number of rotatable bonds is 3. The van der Waals surface area contributed by atoms with Crippen LogP contribution in [0.1, 0.15) is 73.6 Å². The lowest BCUT2D eigenvalue weighted by atomic mass is 9.76. The van der Waals surface area contributed by atoms with Gasteiger partial charge in [0.05, 0.1) is 11.2 Å². The van der Waals surface area contributed by atoms with E-state index in [-0.39, 0.29) is 5.73 Å². The molecule has 2 aliphatic rings. The van der Waals surface area contributed by atoms with Crippen LogP contribution >= 0.6 is 0 Å². The molecule has 0 spiro atoms. The molecule has 4 heteroatoms. The lowest BCUT2D eigenvalue weighted by molar-refractivity contribution is 0.00578. The average Bonchev–Trinajstić information content (AvgIpc) is 2.58. The van der Waals surface area contributed by atoms with E-state index in [1.807, 2.05) is 27.7 Å². The largest absolute Gasteiger partial charge is 0.525 e. The highest BCUT2D eigenvalue weighted by molar-refractivity contribution is 6.53. The van der Waals surface area contributed by atoms with Crippen molar-refractivity contribution < 1.29 is 13.7 Å². The normalized spacial score (nSPS) is 28.3. The second-order valence-corrected chi connectivity index (χ2v) is 8.11. The van der Waals surface area contributed by atoms with Gasteiger partial charge in [-0.15, -0.1) is 0 Å². The Balaban J connectivity index is 2.00. The zero-order chi connectivity index (χ0) is 15.8. The maximum atomic E-state index is 14.7. The van der Waals surface area contributed by atoms with Gasteiger partial charge in [0.1, 0.15) is 5.73 Å². The van der Waals surface area contributed by atoms with Crippen LogP contribution in [0.15, 0.2) is 11.3 Å². The topological polar surface area (TPSA) is 18.5 Å². The van der Waals surface area contributed by atoms with Crippen LogP contribution in [0, 0.1) is 11.8 Å². The predicted octanol–water partition coefficient (Wildman–Crippen LogP) is 5.08. The van der Waals surface area contributed by atoms with E-state index >= 15 is 0 Å². The molecule has 1 saturated carbocycles. The summed E-state index contributed by atoms with van der Waals surface area (Å²) in [4.78, 5) is 0. The molecule has 0 aromatic heterocycles. The molecule has 2 nitrogen and oxygen atoms in total. The van der Waals surface area contributed by atoms with Gasteiger partial charge in [0.25, 0.3) is 0 Å². The van der Waals surface area contributed by atoms with Gasteiger partial charge in [-0.2, -0.15) is 0 Å². The fraction of sp³-hybridized carbons (Fsp3) is 0.882. The molecule has 0 radical (unpaired) electrons. The molecule has 0 unspecified atom stereocenters. The maximum absolute atomic E-state index is 14.7. The number of halogens is 1. The molecule has 2 rings (SSSR count). The third-order valence-corrected chi connectivity index (χ3v) is 5.31. The molecule has 120 valence electrons. The van der Waals surface area contributed by atoms with Crippen molar-refractivity contribution in [3.8, 4) is 0 Å². The summed E-state index contributed by atoms with van der Waals surface area (Å²) in [6.45, 7) is 12.4. The first-order valence-electron chi connectivity index (χ1n) is 8.35. The van der Waals surface area contributed by atoms with Gasteiger partial charge in [-0.3, -0.25) is 0 Å². The van der Waals surface area contributed by atoms with Crippen molar-refractivity contribution in [3.05, 3.63) is 11.3 Å². The van der Waals surface area contributed by atoms with Crippen LogP contribution < -0.4 is 0 Å². The van der Waals surface area contributed by atoms with Crippen LogP contribution in [0.4, 0.5) is 4.39 Å². The van der Waals surface area contributed by atoms with Gasteiger partial charge in [0, 0.05) is 0 Å². The fourth-order valence-electron chi connectivity index (χ4n) is 3.28. The predicted molar refractivity (Wildman–Crippen MR) is 85.6 cm³/mol. The number of allylic oxidation sites excluding steroid dienone is 1. The van der Waals surface area contributed by atoms with Crippen molar-refractivity contribution >= 4 is 7.12 Å². The highest BCUT2D eigenvalue weighted by Crippen LogP contribution is 2.41. The van der Waals surface area contributed by atoms with Crippen molar-refractivity contribution in [2.45, 2.75) is 84.8 Å². The zero-order valence-electron chi connectivity index (χ0n) is 14.5. The third-order valence-electron chi connectivity index (χ3n) is 5.31. The molecule has 0 atom stereocenters. The Morgan fingerprint density at radius 2 is 1.62 bits per heavy atom. The molecule has 2 fully saturated rings. The van der Waals surface area contributed by atoms with Crippen LogP contribution in [-0.4, -0.2) is 18.3 Å². The van der Waals surface area contributed by atoms with Crippen LogP contribution in [-0.2, 0) is 9.31 Å². The van der Waals surface area contributed by atoms with Crippen molar-refractivity contribution in [3.63, 3.8) is 0 Å². The molecule has 1 heterocycles. The minimum Gasteiger partial charge on any atom is -0.398 e. The molecular weight excluding hydrogens is 266 g/mol. The SMILES string of the molecule is CC(C)CC1CCC(=C(F)B2OC(C)(C)C(C)(C)O2)CC1. The van der Waals surface area contributed by atoms with Crippen molar-refractivity contribution in [2.75, 3.05) is 0 Å². The summed E-state index contributed by atoms with van der Waals surface area (Å²) in [5.41, 5.74) is -0.195. The van der Waals surface area contributed by atoms with Crippen molar-refractivity contribution in [1.82, 2.24) is 0 Å². The molecule has 0 aromatic carbocycles. The molecule has 0 aromatic rings. The van der Waals surface area contributed by atoms with Crippen LogP contribution in [0.3, 0.4) is 0 Å². The zero-order valence-corrected chi connectivity index (χ0v) is 14.5.